The van der Waals surface area contributed by atoms with Crippen LogP contribution in [0, 0.1) is 0 Å². The summed E-state index contributed by atoms with van der Waals surface area (Å²) in [6, 6.07) is 14.1. The highest BCUT2D eigenvalue weighted by atomic mass is 35.5. The second-order valence-electron chi connectivity index (χ2n) is 12.9. The van der Waals surface area contributed by atoms with Crippen molar-refractivity contribution < 1.29 is 46.1 Å². The number of amides is 1. The summed E-state index contributed by atoms with van der Waals surface area (Å²) in [6.07, 6.45) is 4.10. The maximum absolute atomic E-state index is 13.7. The van der Waals surface area contributed by atoms with Crippen molar-refractivity contribution in [2.45, 2.75) is 37.5 Å². The van der Waals surface area contributed by atoms with Gasteiger partial charge in [-0.05, 0) is 54.8 Å². The molecule has 0 radical (unpaired) electrons. The zero-order valence-electron chi connectivity index (χ0n) is 27.9. The lowest BCUT2D eigenvalue weighted by Gasteiger charge is -2.40. The summed E-state index contributed by atoms with van der Waals surface area (Å²) in [5.74, 6) is -6.35. The highest BCUT2D eigenvalue weighted by molar-refractivity contribution is 6.17. The average Bonchev–Trinajstić information content (AvgIpc) is 3.08. The smallest absolute Gasteiger partial charge is 0.361 e. The number of alkyl halides is 5. The second kappa shape index (κ2) is 15.6. The van der Waals surface area contributed by atoms with Gasteiger partial charge in [-0.1, -0.05) is 12.8 Å². The number of aromatic carboxylic acids is 1. The maximum atomic E-state index is 13.7. The minimum atomic E-state index is -2.81. The molecule has 2 aromatic rings. The van der Waals surface area contributed by atoms with E-state index in [2.05, 4.69) is 5.32 Å². The van der Waals surface area contributed by atoms with Crippen LogP contribution in [0.2, 0.25) is 0 Å². The first-order chi connectivity index (χ1) is 24.4. The monoisotopic (exact) mass is 732 g/mol. The summed E-state index contributed by atoms with van der Waals surface area (Å²) in [7, 11) is 0. The van der Waals surface area contributed by atoms with E-state index in [-0.39, 0.29) is 41.2 Å². The first-order valence-corrected chi connectivity index (χ1v) is 17.4. The largest absolute Gasteiger partial charge is 0.478 e. The molecular formula is C37H39ClF4N3O6+. The van der Waals surface area contributed by atoms with E-state index in [0.717, 1.165) is 25.7 Å². The van der Waals surface area contributed by atoms with Gasteiger partial charge in [0.25, 0.3) is 11.8 Å². The number of unbranched alkanes of at least 4 members (excludes halogenated alkanes) is 3. The molecule has 14 heteroatoms. The number of nitrogens with one attached hydrogen (secondary N) is 1. The molecule has 0 spiro atoms. The molecule has 1 amide bonds. The van der Waals surface area contributed by atoms with Crippen molar-refractivity contribution in [1.29, 1.82) is 0 Å². The van der Waals surface area contributed by atoms with Crippen molar-refractivity contribution in [1.82, 2.24) is 9.89 Å². The standard InChI is InChI=1S/C37H38ClF4N3O6/c38-11-3-1-2-4-13-49-15-16-50-14-12-43-34(46)24-5-8-27(35(47)48)30(17-24)33-28-9-6-25(44-20-36(39,40)21-44)18-31(28)51-32-19-26(7-10-29(32)33)45-22-37(41,42)23-45/h5-10,17-19H,1-4,11-16,20-23H2,(H-,43,46,47,48)/p+1. The molecule has 0 unspecified atom stereocenters. The van der Waals surface area contributed by atoms with Gasteiger partial charge < -0.3 is 29.2 Å². The lowest BCUT2D eigenvalue weighted by molar-refractivity contribution is -0.0644. The number of benzene rings is 3. The van der Waals surface area contributed by atoms with Gasteiger partial charge in [-0.2, -0.15) is 8.78 Å². The molecule has 51 heavy (non-hydrogen) atoms. The van der Waals surface area contributed by atoms with E-state index in [4.69, 9.17) is 25.5 Å². The van der Waals surface area contributed by atoms with Crippen LogP contribution >= 0.6 is 11.6 Å². The van der Waals surface area contributed by atoms with Crippen molar-refractivity contribution in [2.75, 3.05) is 69.9 Å². The maximum Gasteiger partial charge on any atom is 0.361 e. The number of fused-ring (bicyclic) bond motifs is 2. The molecule has 0 saturated carbocycles. The quantitative estimate of drug-likeness (QED) is 0.0456. The van der Waals surface area contributed by atoms with Gasteiger partial charge in [-0.15, -0.1) is 11.6 Å². The number of anilines is 1. The fraction of sp³-hybridized carbons (Fsp3) is 0.432. The SMILES string of the molecule is O=C(NCCOCCOCCCCCCCl)c1ccc(C(=O)O)c(-c2c3ccc(=[N+]4CC(F)(F)C4)cc-3oc3cc(N4CC(F)(F)C4)ccc23)c1. The van der Waals surface area contributed by atoms with Gasteiger partial charge in [-0.3, -0.25) is 4.79 Å². The molecule has 2 aromatic carbocycles. The lowest BCUT2D eigenvalue weighted by atomic mass is 9.89. The van der Waals surface area contributed by atoms with Crippen LogP contribution < -0.4 is 20.1 Å². The number of carboxylic acid groups (broad SMARTS) is 1. The number of ether oxygens (including phenoxy) is 2. The van der Waals surface area contributed by atoms with Gasteiger partial charge in [0, 0.05) is 58.9 Å². The third-order valence-electron chi connectivity index (χ3n) is 8.97. The molecule has 3 heterocycles. The van der Waals surface area contributed by atoms with Crippen LogP contribution in [0.15, 0.2) is 59.0 Å². The molecule has 0 atom stereocenters. The number of rotatable bonds is 16. The second-order valence-corrected chi connectivity index (χ2v) is 13.3. The minimum Gasteiger partial charge on any atom is -0.478 e. The Morgan fingerprint density at radius 2 is 1.61 bits per heavy atom. The number of nitrogens with zero attached hydrogens (tertiary/aromatic N) is 2. The van der Waals surface area contributed by atoms with Crippen LogP contribution in [0.5, 0.6) is 0 Å². The van der Waals surface area contributed by atoms with Gasteiger partial charge in [0.05, 0.1) is 44.5 Å². The third kappa shape index (κ3) is 8.65. The van der Waals surface area contributed by atoms with E-state index < -0.39 is 49.9 Å². The van der Waals surface area contributed by atoms with Crippen LogP contribution in [0.4, 0.5) is 23.2 Å². The van der Waals surface area contributed by atoms with E-state index in [0.29, 0.717) is 53.3 Å². The highest BCUT2D eigenvalue weighted by Crippen LogP contribution is 2.43. The Labute approximate surface area is 296 Å². The van der Waals surface area contributed by atoms with E-state index in [1.807, 2.05) is 0 Å². The number of carboxylic acids is 1. The summed E-state index contributed by atoms with van der Waals surface area (Å²) in [6.45, 7) is 0.0840. The van der Waals surface area contributed by atoms with Crippen molar-refractivity contribution in [3.8, 4) is 22.5 Å². The van der Waals surface area contributed by atoms with Crippen LogP contribution in [0.25, 0.3) is 33.4 Å². The van der Waals surface area contributed by atoms with Crippen molar-refractivity contribution in [3.63, 3.8) is 0 Å². The van der Waals surface area contributed by atoms with E-state index in [1.54, 1.807) is 36.4 Å². The van der Waals surface area contributed by atoms with Gasteiger partial charge in [0.2, 0.25) is 18.4 Å². The predicted octanol–water partition coefficient (Wildman–Crippen LogP) is 6.34. The number of halogens is 5. The van der Waals surface area contributed by atoms with Gasteiger partial charge in [-0.25, -0.2) is 18.2 Å². The van der Waals surface area contributed by atoms with Crippen molar-refractivity contribution in [2.24, 2.45) is 0 Å². The Kier molecular flexibility index (Phi) is 11.2. The third-order valence-corrected chi connectivity index (χ3v) is 9.23. The molecule has 1 aliphatic carbocycles. The highest BCUT2D eigenvalue weighted by Gasteiger charge is 2.50. The van der Waals surface area contributed by atoms with Crippen LogP contribution in [-0.2, 0) is 9.47 Å². The molecule has 2 N–H and O–H groups in total. The van der Waals surface area contributed by atoms with Gasteiger partial charge >= 0.3 is 11.9 Å². The first kappa shape index (κ1) is 36.6. The lowest BCUT2D eigenvalue weighted by Crippen LogP contribution is -2.57. The van der Waals surface area contributed by atoms with Crippen LogP contribution in [-0.4, -0.2) is 93.9 Å². The number of carbonyl (C=O) groups excluding carboxylic acids is 1. The molecule has 6 rings (SSSR count). The summed E-state index contributed by atoms with van der Waals surface area (Å²) < 4.78 is 73.7. The Morgan fingerprint density at radius 1 is 0.863 bits per heavy atom. The minimum absolute atomic E-state index is 0.0827. The molecule has 2 fully saturated rings. The Balaban J connectivity index is 1.25. The summed E-state index contributed by atoms with van der Waals surface area (Å²) in [5.41, 5.74) is 2.02. The fourth-order valence-corrected chi connectivity index (χ4v) is 6.52. The number of hydrogen-bond donors (Lipinski definition) is 2. The fourth-order valence-electron chi connectivity index (χ4n) is 6.33. The molecule has 9 nitrogen and oxygen atoms in total. The van der Waals surface area contributed by atoms with Gasteiger partial charge in [0.1, 0.15) is 11.3 Å². The zero-order chi connectivity index (χ0) is 36.2. The topological polar surface area (TPSA) is 104 Å². The Morgan fingerprint density at radius 3 is 2.31 bits per heavy atom. The molecule has 4 aliphatic rings. The van der Waals surface area contributed by atoms with Crippen molar-refractivity contribution >= 4 is 40.1 Å². The summed E-state index contributed by atoms with van der Waals surface area (Å²) in [5, 5.41) is 14.0. The van der Waals surface area contributed by atoms with Crippen LogP contribution in [0.3, 0.4) is 0 Å². The normalized spacial score (nSPS) is 16.3. The summed E-state index contributed by atoms with van der Waals surface area (Å²) in [4.78, 5) is 27.3. The molecule has 3 aliphatic heterocycles. The molecule has 2 saturated heterocycles. The molecule has 0 aromatic heterocycles. The zero-order valence-corrected chi connectivity index (χ0v) is 28.6. The van der Waals surface area contributed by atoms with E-state index >= 15 is 0 Å². The van der Waals surface area contributed by atoms with Crippen LogP contribution in [0.1, 0.15) is 46.4 Å². The van der Waals surface area contributed by atoms with E-state index in [9.17, 15) is 32.3 Å². The van der Waals surface area contributed by atoms with Crippen molar-refractivity contribution in [3.05, 3.63) is 71.1 Å². The first-order valence-electron chi connectivity index (χ1n) is 16.9. The van der Waals surface area contributed by atoms with Gasteiger partial charge in [0.15, 0.2) is 0 Å². The molecule has 272 valence electrons. The molecule has 0 bridgehead atoms. The Hall–Kier alpha value is -4.20. The summed E-state index contributed by atoms with van der Waals surface area (Å²) >= 11 is 5.68. The number of carbonyl (C=O) groups is 2. The van der Waals surface area contributed by atoms with E-state index in [1.165, 1.54) is 27.7 Å². The Bertz CT molecular complexity index is 1930. The predicted molar refractivity (Wildman–Crippen MR) is 186 cm³/mol. The average molecular weight is 733 g/mol. The molecular weight excluding hydrogens is 694 g/mol. The number of hydrogen-bond acceptors (Lipinski definition) is 6.